The largest absolute Gasteiger partial charge is 0.507 e. The predicted octanol–water partition coefficient (Wildman–Crippen LogP) is 2.80. The summed E-state index contributed by atoms with van der Waals surface area (Å²) in [7, 11) is 0. The Morgan fingerprint density at radius 1 is 1.10 bits per heavy atom. The fourth-order valence-corrected chi connectivity index (χ4v) is 3.11. The number of anilines is 1. The molecule has 0 aliphatic carbocycles. The molecule has 0 amide bonds. The Morgan fingerprint density at radius 3 is 2.48 bits per heavy atom. The molecule has 0 saturated carbocycles. The topological polar surface area (TPSA) is 69.7 Å². The summed E-state index contributed by atoms with van der Waals surface area (Å²) in [5.41, 5.74) is 9.92. The van der Waals surface area contributed by atoms with E-state index < -0.39 is 0 Å². The summed E-state index contributed by atoms with van der Waals surface area (Å²) < 4.78 is 0. The molecule has 2 aromatic carbocycles. The first-order chi connectivity index (χ1) is 10.1. The number of rotatable bonds is 2. The lowest BCUT2D eigenvalue weighted by molar-refractivity contribution is 0.186. The Hall–Kier alpha value is -2.20. The van der Waals surface area contributed by atoms with Crippen LogP contribution in [0.2, 0.25) is 0 Å². The number of phenols is 2. The number of nitrogens with two attached hydrogens (primary N) is 1. The van der Waals surface area contributed by atoms with Gasteiger partial charge in [-0.05, 0) is 42.7 Å². The van der Waals surface area contributed by atoms with Crippen LogP contribution in [0.4, 0.5) is 5.69 Å². The highest BCUT2D eigenvalue weighted by Crippen LogP contribution is 2.38. The normalized spacial score (nSPS) is 16.4. The van der Waals surface area contributed by atoms with Gasteiger partial charge < -0.3 is 15.9 Å². The molecule has 0 saturated heterocycles. The molecule has 4 heteroatoms. The van der Waals surface area contributed by atoms with Crippen molar-refractivity contribution in [3.8, 4) is 11.5 Å². The van der Waals surface area contributed by atoms with Gasteiger partial charge in [-0.1, -0.05) is 18.2 Å². The zero-order valence-electron chi connectivity index (χ0n) is 12.1. The predicted molar refractivity (Wildman–Crippen MR) is 83.2 cm³/mol. The van der Waals surface area contributed by atoms with E-state index in [1.165, 1.54) is 5.56 Å². The summed E-state index contributed by atoms with van der Waals surface area (Å²) in [6, 6.07) is 10.8. The first kappa shape index (κ1) is 13.8. The van der Waals surface area contributed by atoms with Gasteiger partial charge in [0.05, 0.1) is 5.56 Å². The van der Waals surface area contributed by atoms with Crippen LogP contribution in [0.1, 0.15) is 29.7 Å². The molecule has 1 atom stereocenters. The van der Waals surface area contributed by atoms with E-state index in [-0.39, 0.29) is 17.5 Å². The van der Waals surface area contributed by atoms with Gasteiger partial charge in [0, 0.05) is 24.8 Å². The first-order valence-electron chi connectivity index (χ1n) is 7.19. The minimum absolute atomic E-state index is 0.0704. The van der Waals surface area contributed by atoms with Crippen LogP contribution in [0.25, 0.3) is 0 Å². The average Bonchev–Trinajstić information content (AvgIpc) is 2.47. The molecule has 0 radical (unpaired) electrons. The summed E-state index contributed by atoms with van der Waals surface area (Å²) in [5, 5.41) is 20.1. The first-order valence-corrected chi connectivity index (χ1v) is 7.19. The van der Waals surface area contributed by atoms with Crippen molar-refractivity contribution in [2.75, 3.05) is 12.3 Å². The van der Waals surface area contributed by atoms with Crippen LogP contribution in [0.15, 0.2) is 36.4 Å². The summed E-state index contributed by atoms with van der Waals surface area (Å²) in [4.78, 5) is 2.23. The second kappa shape index (κ2) is 5.30. The number of aromatic hydroxyl groups is 2. The Balaban J connectivity index is 1.91. The standard InChI is InChI=1S/C17H20N2O2/c1-11(17-15(20)6-3-7-16(17)21)19-9-8-12-4-2-5-14(18)13(12)10-19/h2-7,11,20-21H,8-10,18H2,1H3. The van der Waals surface area contributed by atoms with Gasteiger partial charge in [-0.25, -0.2) is 0 Å². The van der Waals surface area contributed by atoms with Crippen LogP contribution in [-0.2, 0) is 13.0 Å². The van der Waals surface area contributed by atoms with Gasteiger partial charge in [0.2, 0.25) is 0 Å². The number of benzene rings is 2. The zero-order valence-corrected chi connectivity index (χ0v) is 12.1. The molecular formula is C17H20N2O2. The third kappa shape index (κ3) is 2.43. The van der Waals surface area contributed by atoms with Crippen LogP contribution in [-0.4, -0.2) is 21.7 Å². The maximum absolute atomic E-state index is 10.0. The van der Waals surface area contributed by atoms with Gasteiger partial charge in [0.25, 0.3) is 0 Å². The van der Waals surface area contributed by atoms with Crippen molar-refractivity contribution < 1.29 is 10.2 Å². The molecule has 21 heavy (non-hydrogen) atoms. The van der Waals surface area contributed by atoms with Crippen molar-refractivity contribution in [3.63, 3.8) is 0 Å². The molecule has 4 N–H and O–H groups in total. The van der Waals surface area contributed by atoms with E-state index in [4.69, 9.17) is 5.73 Å². The molecule has 1 unspecified atom stereocenters. The number of nitrogen functional groups attached to an aromatic ring is 1. The van der Waals surface area contributed by atoms with E-state index in [1.54, 1.807) is 18.2 Å². The molecule has 4 nitrogen and oxygen atoms in total. The van der Waals surface area contributed by atoms with E-state index in [2.05, 4.69) is 11.0 Å². The van der Waals surface area contributed by atoms with E-state index in [0.29, 0.717) is 5.56 Å². The molecule has 110 valence electrons. The highest BCUT2D eigenvalue weighted by atomic mass is 16.3. The van der Waals surface area contributed by atoms with Crippen LogP contribution < -0.4 is 5.73 Å². The quantitative estimate of drug-likeness (QED) is 0.742. The van der Waals surface area contributed by atoms with Gasteiger partial charge in [0.1, 0.15) is 11.5 Å². The van der Waals surface area contributed by atoms with Crippen molar-refractivity contribution in [1.82, 2.24) is 4.90 Å². The third-order valence-electron chi connectivity index (χ3n) is 4.36. The fraction of sp³-hybridized carbons (Fsp3) is 0.294. The van der Waals surface area contributed by atoms with Gasteiger partial charge in [0.15, 0.2) is 0 Å². The molecule has 0 fully saturated rings. The fourth-order valence-electron chi connectivity index (χ4n) is 3.11. The molecule has 1 aliphatic heterocycles. The number of fused-ring (bicyclic) bond motifs is 1. The minimum Gasteiger partial charge on any atom is -0.507 e. The third-order valence-corrected chi connectivity index (χ3v) is 4.36. The molecule has 0 bridgehead atoms. The Kier molecular flexibility index (Phi) is 3.47. The Bertz CT molecular complexity index is 650. The maximum atomic E-state index is 10.0. The molecular weight excluding hydrogens is 264 g/mol. The molecule has 1 heterocycles. The average molecular weight is 284 g/mol. The summed E-state index contributed by atoms with van der Waals surface area (Å²) >= 11 is 0. The summed E-state index contributed by atoms with van der Waals surface area (Å²) in [6.45, 7) is 3.61. The van der Waals surface area contributed by atoms with Crippen molar-refractivity contribution in [1.29, 1.82) is 0 Å². The van der Waals surface area contributed by atoms with Gasteiger partial charge in [-0.2, -0.15) is 0 Å². The number of nitrogens with zero attached hydrogens (tertiary/aromatic N) is 1. The molecule has 0 spiro atoms. The van der Waals surface area contributed by atoms with Crippen LogP contribution >= 0.6 is 0 Å². The Morgan fingerprint density at radius 2 is 1.76 bits per heavy atom. The van der Waals surface area contributed by atoms with Crippen molar-refractivity contribution in [2.24, 2.45) is 0 Å². The lowest BCUT2D eigenvalue weighted by atomic mass is 9.95. The smallest absolute Gasteiger partial charge is 0.124 e. The highest BCUT2D eigenvalue weighted by Gasteiger charge is 2.26. The highest BCUT2D eigenvalue weighted by molar-refractivity contribution is 5.52. The lowest BCUT2D eigenvalue weighted by Gasteiger charge is -2.34. The second-order valence-corrected chi connectivity index (χ2v) is 5.59. The minimum atomic E-state index is -0.0704. The summed E-state index contributed by atoms with van der Waals surface area (Å²) in [5.74, 6) is 0.267. The second-order valence-electron chi connectivity index (χ2n) is 5.59. The number of phenolic OH excluding ortho intramolecular Hbond substituents is 2. The summed E-state index contributed by atoms with van der Waals surface area (Å²) in [6.07, 6.45) is 0.930. The molecule has 3 rings (SSSR count). The van der Waals surface area contributed by atoms with Crippen LogP contribution in [0.5, 0.6) is 11.5 Å². The van der Waals surface area contributed by atoms with E-state index >= 15 is 0 Å². The SMILES string of the molecule is CC(c1c(O)cccc1O)N1CCc2cccc(N)c2C1. The molecule has 0 aromatic heterocycles. The number of hydrogen-bond acceptors (Lipinski definition) is 4. The van der Waals surface area contributed by atoms with E-state index in [0.717, 1.165) is 30.8 Å². The van der Waals surface area contributed by atoms with E-state index in [9.17, 15) is 10.2 Å². The van der Waals surface area contributed by atoms with Gasteiger partial charge >= 0.3 is 0 Å². The van der Waals surface area contributed by atoms with Gasteiger partial charge in [-0.15, -0.1) is 0 Å². The van der Waals surface area contributed by atoms with Crippen molar-refractivity contribution >= 4 is 5.69 Å². The lowest BCUT2D eigenvalue weighted by Crippen LogP contribution is -2.33. The Labute approximate surface area is 124 Å². The molecule has 1 aliphatic rings. The van der Waals surface area contributed by atoms with Crippen LogP contribution in [0.3, 0.4) is 0 Å². The van der Waals surface area contributed by atoms with E-state index in [1.807, 2.05) is 19.1 Å². The monoisotopic (exact) mass is 284 g/mol. The molecule has 2 aromatic rings. The van der Waals surface area contributed by atoms with Gasteiger partial charge in [-0.3, -0.25) is 4.90 Å². The maximum Gasteiger partial charge on any atom is 0.124 e. The number of hydrogen-bond donors (Lipinski definition) is 3. The van der Waals surface area contributed by atoms with Crippen molar-refractivity contribution in [2.45, 2.75) is 25.9 Å². The zero-order chi connectivity index (χ0) is 15.0. The van der Waals surface area contributed by atoms with Crippen LogP contribution in [0, 0.1) is 0 Å². The van der Waals surface area contributed by atoms with Crippen molar-refractivity contribution in [3.05, 3.63) is 53.1 Å².